The smallest absolute Gasteiger partial charge is 0.257 e. The predicted molar refractivity (Wildman–Crippen MR) is 97.9 cm³/mol. The van der Waals surface area contributed by atoms with E-state index >= 15 is 0 Å². The summed E-state index contributed by atoms with van der Waals surface area (Å²) in [6.07, 6.45) is 0.462. The van der Waals surface area contributed by atoms with E-state index in [-0.39, 0.29) is 10.9 Å². The minimum atomic E-state index is -3.77. The Hall–Kier alpha value is -1.84. The third kappa shape index (κ3) is 4.91. The van der Waals surface area contributed by atoms with Crippen LogP contribution in [0, 0.1) is 0 Å². The van der Waals surface area contributed by atoms with Gasteiger partial charge in [0, 0.05) is 31.9 Å². The highest BCUT2D eigenvalue weighted by Crippen LogP contribution is 2.22. The van der Waals surface area contributed by atoms with Gasteiger partial charge in [-0.25, -0.2) is 17.2 Å². The van der Waals surface area contributed by atoms with Gasteiger partial charge < -0.3 is 0 Å². The van der Waals surface area contributed by atoms with Gasteiger partial charge >= 0.3 is 0 Å². The molecule has 1 atom stereocenters. The Morgan fingerprint density at radius 3 is 2.67 bits per heavy atom. The van der Waals surface area contributed by atoms with Crippen molar-refractivity contribution in [3.05, 3.63) is 48.3 Å². The van der Waals surface area contributed by atoms with E-state index in [4.69, 9.17) is 0 Å². The van der Waals surface area contributed by atoms with Crippen molar-refractivity contribution in [3.63, 3.8) is 0 Å². The molecule has 0 bridgehead atoms. The Kier molecular flexibility index (Phi) is 6.23. The van der Waals surface area contributed by atoms with Gasteiger partial charge in [-0.3, -0.25) is 9.58 Å². The maximum absolute atomic E-state index is 13.0. The predicted octanol–water partition coefficient (Wildman–Crippen LogP) is 2.43. The van der Waals surface area contributed by atoms with Crippen LogP contribution in [-0.4, -0.2) is 59.5 Å². The fraction of sp³-hybridized carbons (Fsp3) is 0.500. The minimum Gasteiger partial charge on any atom is -0.297 e. The molecule has 6 nitrogen and oxygen atoms in total. The van der Waals surface area contributed by atoms with Gasteiger partial charge in [-0.05, 0) is 25.5 Å². The summed E-state index contributed by atoms with van der Waals surface area (Å²) in [4.78, 5) is 2.21. The fourth-order valence-electron chi connectivity index (χ4n) is 3.42. The molecular weight excluding hydrogens is 374 g/mol. The molecule has 1 unspecified atom stereocenters. The zero-order valence-corrected chi connectivity index (χ0v) is 16.0. The van der Waals surface area contributed by atoms with Crippen LogP contribution in [0.2, 0.25) is 0 Å². The van der Waals surface area contributed by atoms with E-state index in [9.17, 15) is 17.2 Å². The highest BCUT2D eigenvalue weighted by Gasteiger charge is 2.33. The van der Waals surface area contributed by atoms with Gasteiger partial charge in [0.1, 0.15) is 11.4 Å². The van der Waals surface area contributed by atoms with Crippen LogP contribution in [0.3, 0.4) is 0 Å². The van der Waals surface area contributed by atoms with Crippen LogP contribution >= 0.6 is 0 Å². The van der Waals surface area contributed by atoms with E-state index < -0.39 is 23.0 Å². The average Bonchev–Trinajstić information content (AvgIpc) is 2.99. The second-order valence-electron chi connectivity index (χ2n) is 6.83. The molecule has 0 spiro atoms. The maximum Gasteiger partial charge on any atom is 0.257 e. The van der Waals surface area contributed by atoms with E-state index in [1.807, 2.05) is 25.1 Å². The molecule has 148 valence electrons. The van der Waals surface area contributed by atoms with Crippen LogP contribution in [-0.2, 0) is 23.1 Å². The molecule has 2 aromatic rings. The molecule has 0 amide bonds. The molecule has 9 heteroatoms. The van der Waals surface area contributed by atoms with Crippen LogP contribution in [0.15, 0.2) is 47.6 Å². The third-order valence-corrected chi connectivity index (χ3v) is 6.62. The Balaban J connectivity index is 1.71. The lowest BCUT2D eigenvalue weighted by atomic mass is 10.2. The third-order valence-electron chi connectivity index (χ3n) is 4.66. The number of alkyl halides is 2. The first kappa shape index (κ1) is 19.9. The molecule has 2 heterocycles. The zero-order chi connectivity index (χ0) is 19.4. The molecule has 0 aliphatic carbocycles. The maximum atomic E-state index is 13.0. The molecule has 1 aliphatic heterocycles. The lowest BCUT2D eigenvalue weighted by Gasteiger charge is -2.28. The monoisotopic (exact) mass is 398 g/mol. The Morgan fingerprint density at radius 2 is 1.96 bits per heavy atom. The molecule has 1 aromatic heterocycles. The SMILES string of the molecule is CC1CN(Cc2ccccc2)CCCN1S(=O)(=O)c1cnn(CC(F)F)c1. The van der Waals surface area contributed by atoms with E-state index in [1.165, 1.54) is 16.1 Å². The van der Waals surface area contributed by atoms with Crippen molar-refractivity contribution in [2.45, 2.75) is 43.8 Å². The van der Waals surface area contributed by atoms with Crippen molar-refractivity contribution < 1.29 is 17.2 Å². The first-order chi connectivity index (χ1) is 12.9. The lowest BCUT2D eigenvalue weighted by molar-refractivity contribution is 0.121. The van der Waals surface area contributed by atoms with Gasteiger partial charge in [0.2, 0.25) is 10.0 Å². The summed E-state index contributed by atoms with van der Waals surface area (Å²) in [5, 5.41) is 3.76. The van der Waals surface area contributed by atoms with Crippen molar-refractivity contribution >= 4 is 10.0 Å². The summed E-state index contributed by atoms with van der Waals surface area (Å²) in [5.41, 5.74) is 1.19. The van der Waals surface area contributed by atoms with Gasteiger partial charge in [0.15, 0.2) is 0 Å². The number of benzene rings is 1. The summed E-state index contributed by atoms with van der Waals surface area (Å²) < 4.78 is 53.4. The van der Waals surface area contributed by atoms with E-state index in [0.717, 1.165) is 24.0 Å². The first-order valence-electron chi connectivity index (χ1n) is 8.95. The van der Waals surface area contributed by atoms with Crippen molar-refractivity contribution in [1.29, 1.82) is 0 Å². The van der Waals surface area contributed by atoms with Gasteiger partial charge in [-0.15, -0.1) is 0 Å². The summed E-state index contributed by atoms with van der Waals surface area (Å²) in [7, 11) is -3.77. The molecule has 0 radical (unpaired) electrons. The molecule has 27 heavy (non-hydrogen) atoms. The number of halogens is 2. The highest BCUT2D eigenvalue weighted by molar-refractivity contribution is 7.89. The Labute approximate surface area is 158 Å². The second kappa shape index (κ2) is 8.45. The molecule has 1 fully saturated rings. The normalized spacial score (nSPS) is 20.1. The first-order valence-corrected chi connectivity index (χ1v) is 10.4. The van der Waals surface area contributed by atoms with Crippen LogP contribution in [0.1, 0.15) is 18.9 Å². The number of hydrogen-bond donors (Lipinski definition) is 0. The van der Waals surface area contributed by atoms with Crippen molar-refractivity contribution in [1.82, 2.24) is 19.0 Å². The molecule has 3 rings (SSSR count). The van der Waals surface area contributed by atoms with Crippen molar-refractivity contribution in [2.75, 3.05) is 19.6 Å². The molecule has 1 saturated heterocycles. The van der Waals surface area contributed by atoms with Gasteiger partial charge in [0.05, 0.1) is 6.20 Å². The molecular formula is C18H24F2N4O2S. The largest absolute Gasteiger partial charge is 0.297 e. The highest BCUT2D eigenvalue weighted by atomic mass is 32.2. The van der Waals surface area contributed by atoms with Crippen LogP contribution < -0.4 is 0 Å². The van der Waals surface area contributed by atoms with E-state index in [2.05, 4.69) is 22.1 Å². The van der Waals surface area contributed by atoms with Gasteiger partial charge in [0.25, 0.3) is 6.43 Å². The van der Waals surface area contributed by atoms with Crippen molar-refractivity contribution in [3.8, 4) is 0 Å². The van der Waals surface area contributed by atoms with E-state index in [0.29, 0.717) is 19.5 Å². The summed E-state index contributed by atoms with van der Waals surface area (Å²) in [6, 6.07) is 9.84. The fourth-order valence-corrected chi connectivity index (χ4v) is 5.04. The molecule has 1 aliphatic rings. The van der Waals surface area contributed by atoms with Crippen LogP contribution in [0.25, 0.3) is 0 Å². The number of rotatable bonds is 6. The van der Waals surface area contributed by atoms with Gasteiger partial charge in [-0.2, -0.15) is 9.40 Å². The van der Waals surface area contributed by atoms with E-state index in [1.54, 1.807) is 0 Å². The lowest BCUT2D eigenvalue weighted by Crippen LogP contribution is -2.42. The molecule has 1 aromatic carbocycles. The number of nitrogens with zero attached hydrogens (tertiary/aromatic N) is 4. The standard InChI is InChI=1S/C18H24F2N4O2S/c1-15-11-22(12-16-6-3-2-4-7-16)8-5-9-24(15)27(25,26)17-10-21-23(13-17)14-18(19)20/h2-4,6-7,10,13,15,18H,5,8-9,11-12,14H2,1H3. The number of hydrogen-bond acceptors (Lipinski definition) is 4. The topological polar surface area (TPSA) is 58.4 Å². The second-order valence-corrected chi connectivity index (χ2v) is 8.72. The minimum absolute atomic E-state index is 0.0356. The quantitative estimate of drug-likeness (QED) is 0.750. The zero-order valence-electron chi connectivity index (χ0n) is 15.2. The van der Waals surface area contributed by atoms with Gasteiger partial charge in [-0.1, -0.05) is 30.3 Å². The average molecular weight is 398 g/mol. The Bertz CT molecular complexity index is 842. The van der Waals surface area contributed by atoms with Crippen LogP contribution in [0.5, 0.6) is 0 Å². The summed E-state index contributed by atoms with van der Waals surface area (Å²) in [6.45, 7) is 3.84. The summed E-state index contributed by atoms with van der Waals surface area (Å²) in [5.74, 6) is 0. The van der Waals surface area contributed by atoms with Crippen LogP contribution in [0.4, 0.5) is 8.78 Å². The number of aromatic nitrogens is 2. The van der Waals surface area contributed by atoms with Crippen molar-refractivity contribution in [2.24, 2.45) is 0 Å². The number of sulfonamides is 1. The Morgan fingerprint density at radius 1 is 1.22 bits per heavy atom. The molecule has 0 N–H and O–H groups in total. The summed E-state index contributed by atoms with van der Waals surface area (Å²) >= 11 is 0. The molecule has 0 saturated carbocycles.